The molecule has 0 unspecified atom stereocenters. The number of benzene rings is 1. The van der Waals surface area contributed by atoms with Crippen molar-refractivity contribution in [3.05, 3.63) is 41.3 Å². The summed E-state index contributed by atoms with van der Waals surface area (Å²) in [4.78, 5) is -1.10. The Morgan fingerprint density at radius 1 is 0.944 bits per heavy atom. The van der Waals surface area contributed by atoms with Crippen molar-refractivity contribution in [2.75, 3.05) is 0 Å². The molecule has 0 radical (unpaired) electrons. The van der Waals surface area contributed by atoms with Crippen LogP contribution in [0.1, 0.15) is 5.56 Å². The van der Waals surface area contributed by atoms with Crippen LogP contribution in [0.4, 0.5) is 19.4 Å². The van der Waals surface area contributed by atoms with Crippen molar-refractivity contribution in [3.8, 4) is 10.4 Å². The summed E-state index contributed by atoms with van der Waals surface area (Å²) in [6, 6.07) is 4.80. The third kappa shape index (κ3) is 2.84. The molecule has 0 bridgehead atoms. The van der Waals surface area contributed by atoms with Gasteiger partial charge >= 0.3 is 10.2 Å². The summed E-state index contributed by atoms with van der Waals surface area (Å²) < 4.78 is 62.4. The molecule has 0 nitrogen and oxygen atoms in total. The van der Waals surface area contributed by atoms with E-state index < -0.39 is 15.1 Å². The Labute approximate surface area is 105 Å². The van der Waals surface area contributed by atoms with Crippen LogP contribution in [0.2, 0.25) is 0 Å². The Balaban J connectivity index is 2.44. The Kier molecular flexibility index (Phi) is 2.43. The van der Waals surface area contributed by atoms with E-state index in [9.17, 15) is 19.4 Å². The molecule has 1 aromatic carbocycles. The fourth-order valence-corrected chi connectivity index (χ4v) is 3.02. The predicted octanol–water partition coefficient (Wildman–Crippen LogP) is 6.38. The molecule has 0 N–H and O–H groups in total. The van der Waals surface area contributed by atoms with E-state index in [4.69, 9.17) is 0 Å². The van der Waals surface area contributed by atoms with Gasteiger partial charge in [0.15, 0.2) is 0 Å². The molecule has 18 heavy (non-hydrogen) atoms. The van der Waals surface area contributed by atoms with Gasteiger partial charge in [0.1, 0.15) is 4.90 Å². The molecule has 1 heterocycles. The monoisotopic (exact) mass is 300 g/mol. The van der Waals surface area contributed by atoms with Crippen LogP contribution in [-0.4, -0.2) is 0 Å². The third-order valence-corrected chi connectivity index (χ3v) is 4.57. The van der Waals surface area contributed by atoms with Crippen LogP contribution < -0.4 is 0 Å². The zero-order valence-corrected chi connectivity index (χ0v) is 10.8. The van der Waals surface area contributed by atoms with Crippen molar-refractivity contribution in [2.24, 2.45) is 0 Å². The molecule has 0 aliphatic heterocycles. The van der Waals surface area contributed by atoms with E-state index >= 15 is 0 Å². The van der Waals surface area contributed by atoms with Crippen LogP contribution in [0.25, 0.3) is 10.4 Å². The van der Waals surface area contributed by atoms with Gasteiger partial charge in [-0.2, -0.15) is 0 Å². The fraction of sp³-hybridized carbons (Fsp3) is 0.0909. The highest BCUT2D eigenvalue weighted by atomic mass is 32.5. The molecule has 0 saturated heterocycles. The maximum Gasteiger partial charge on any atom is 0.310 e. The maximum atomic E-state index is 12.5. The van der Waals surface area contributed by atoms with Gasteiger partial charge in [0, 0.05) is 4.88 Å². The number of thiophene rings is 1. The van der Waals surface area contributed by atoms with Gasteiger partial charge in [0.25, 0.3) is 0 Å². The van der Waals surface area contributed by atoms with Gasteiger partial charge in [0.05, 0.1) is 0 Å². The van der Waals surface area contributed by atoms with E-state index in [0.717, 1.165) is 22.6 Å². The minimum atomic E-state index is -9.55. The summed E-state index contributed by atoms with van der Waals surface area (Å²) in [5, 5.41) is 1.84. The summed E-state index contributed by atoms with van der Waals surface area (Å²) in [5.41, 5.74) is 1.48. The highest BCUT2D eigenvalue weighted by Crippen LogP contribution is 3.02. The lowest BCUT2D eigenvalue weighted by molar-refractivity contribution is 0.364. The Bertz CT molecular complexity index is 580. The molecule has 0 amide bonds. The number of aryl methyl sites for hydroxylation is 1. The zero-order chi connectivity index (χ0) is 13.7. The van der Waals surface area contributed by atoms with Crippen LogP contribution >= 0.6 is 21.6 Å². The minimum absolute atomic E-state index is 0.436. The summed E-state index contributed by atoms with van der Waals surface area (Å²) in [7, 11) is -9.55. The fourth-order valence-electron chi connectivity index (χ4n) is 1.46. The highest BCUT2D eigenvalue weighted by molar-refractivity contribution is 8.45. The van der Waals surface area contributed by atoms with Gasteiger partial charge in [-0.1, -0.05) is 31.6 Å². The van der Waals surface area contributed by atoms with Gasteiger partial charge in [0.2, 0.25) is 0 Å². The van der Waals surface area contributed by atoms with E-state index in [0.29, 0.717) is 17.7 Å². The number of rotatable bonds is 2. The first-order valence-electron chi connectivity index (χ1n) is 4.85. The molecule has 0 saturated carbocycles. The average molecular weight is 300 g/mol. The van der Waals surface area contributed by atoms with Gasteiger partial charge in [-0.25, -0.2) is 0 Å². The van der Waals surface area contributed by atoms with E-state index in [1.165, 1.54) is 11.3 Å². The summed E-state index contributed by atoms with van der Waals surface area (Å²) in [6.07, 6.45) is 0. The Morgan fingerprint density at radius 3 is 1.89 bits per heavy atom. The van der Waals surface area contributed by atoms with Crippen molar-refractivity contribution in [3.63, 3.8) is 0 Å². The first-order valence-corrected chi connectivity index (χ1v) is 7.68. The molecular formula is C11H9F5S2. The molecular weight excluding hydrogens is 291 g/mol. The van der Waals surface area contributed by atoms with Crippen molar-refractivity contribution >= 4 is 21.6 Å². The predicted molar refractivity (Wildman–Crippen MR) is 65.9 cm³/mol. The first kappa shape index (κ1) is 13.4. The number of hydrogen-bond donors (Lipinski definition) is 0. The molecule has 0 aliphatic carbocycles. The molecule has 7 heteroatoms. The second kappa shape index (κ2) is 3.27. The maximum absolute atomic E-state index is 12.5. The molecule has 0 spiro atoms. The van der Waals surface area contributed by atoms with E-state index in [-0.39, 0.29) is 0 Å². The minimum Gasteiger partial charge on any atom is -0.144 e. The third-order valence-electron chi connectivity index (χ3n) is 2.31. The second-order valence-corrected chi connectivity index (χ2v) is 7.30. The SMILES string of the molecule is Cc1csc(-c2ccc(S(F)(F)(F)(F)F)cc2)c1. The summed E-state index contributed by atoms with van der Waals surface area (Å²) in [6.45, 7) is 1.85. The summed E-state index contributed by atoms with van der Waals surface area (Å²) >= 11 is 1.36. The van der Waals surface area contributed by atoms with Gasteiger partial charge < -0.3 is 0 Å². The molecule has 100 valence electrons. The van der Waals surface area contributed by atoms with Crippen molar-refractivity contribution in [1.82, 2.24) is 0 Å². The van der Waals surface area contributed by atoms with Crippen molar-refractivity contribution in [1.29, 1.82) is 0 Å². The van der Waals surface area contributed by atoms with Crippen LogP contribution in [0.3, 0.4) is 0 Å². The lowest BCUT2D eigenvalue weighted by atomic mass is 10.2. The Hall–Kier alpha value is -1.08. The van der Waals surface area contributed by atoms with Gasteiger partial charge in [-0.3, -0.25) is 0 Å². The molecule has 2 rings (SSSR count). The topological polar surface area (TPSA) is 0 Å². The molecule has 0 fully saturated rings. The molecule has 1 aromatic heterocycles. The van der Waals surface area contributed by atoms with Gasteiger partial charge in [-0.15, -0.1) is 11.3 Å². The number of halogens is 5. The quantitative estimate of drug-likeness (QED) is 0.564. The standard InChI is InChI=1S/C11H9F5S2/c1-8-6-11(17-7-8)9-2-4-10(5-3-9)18(12,13,14,15)16/h2-7H,1H3. The lowest BCUT2D eigenvalue weighted by Crippen LogP contribution is -2.05. The zero-order valence-electron chi connectivity index (χ0n) is 9.17. The molecule has 0 aliphatic rings. The van der Waals surface area contributed by atoms with Crippen LogP contribution in [-0.2, 0) is 0 Å². The largest absolute Gasteiger partial charge is 0.310 e. The van der Waals surface area contributed by atoms with Crippen LogP contribution in [0, 0.1) is 6.92 Å². The lowest BCUT2D eigenvalue weighted by Gasteiger charge is -2.40. The van der Waals surface area contributed by atoms with Crippen molar-refractivity contribution < 1.29 is 19.4 Å². The van der Waals surface area contributed by atoms with E-state index in [2.05, 4.69) is 0 Å². The number of hydrogen-bond acceptors (Lipinski definition) is 1. The van der Waals surface area contributed by atoms with Crippen LogP contribution in [0.15, 0.2) is 40.6 Å². The first-order chi connectivity index (χ1) is 7.95. The van der Waals surface area contributed by atoms with Crippen molar-refractivity contribution in [2.45, 2.75) is 11.8 Å². The summed E-state index contributed by atoms with van der Waals surface area (Å²) in [5.74, 6) is 0. The highest BCUT2D eigenvalue weighted by Gasteiger charge is 2.65. The average Bonchev–Trinajstić information content (AvgIpc) is 2.62. The van der Waals surface area contributed by atoms with Gasteiger partial charge in [-0.05, 0) is 41.6 Å². The van der Waals surface area contributed by atoms with E-state index in [1.54, 1.807) is 6.07 Å². The molecule has 0 atom stereocenters. The normalized spacial score (nSPS) is 16.1. The second-order valence-electron chi connectivity index (χ2n) is 3.98. The smallest absolute Gasteiger partial charge is 0.144 e. The van der Waals surface area contributed by atoms with Crippen LogP contribution in [0.5, 0.6) is 0 Å². The molecule has 2 aromatic rings. The van der Waals surface area contributed by atoms with E-state index in [1.807, 2.05) is 12.3 Å². The Morgan fingerprint density at radius 2 is 1.50 bits per heavy atom.